The molecule has 0 N–H and O–H groups in total. The van der Waals surface area contributed by atoms with Crippen LogP contribution in [0.5, 0.6) is 0 Å². The number of rotatable bonds is 8. The molecule has 4 aromatic carbocycles. The van der Waals surface area contributed by atoms with E-state index in [1.165, 1.54) is 39.1 Å². The Morgan fingerprint density at radius 2 is 1.30 bits per heavy atom. The first-order valence-corrected chi connectivity index (χ1v) is 11.6. The van der Waals surface area contributed by atoms with E-state index in [9.17, 15) is 0 Å². The Balaban J connectivity index is 1.56. The molecule has 0 spiro atoms. The van der Waals surface area contributed by atoms with E-state index in [4.69, 9.17) is 0 Å². The predicted molar refractivity (Wildman–Crippen MR) is 143 cm³/mol. The molecule has 33 heavy (non-hydrogen) atoms. The van der Waals surface area contributed by atoms with Crippen molar-refractivity contribution < 1.29 is 0 Å². The summed E-state index contributed by atoms with van der Waals surface area (Å²) in [5.74, 6) is 0. The summed E-state index contributed by atoms with van der Waals surface area (Å²) in [4.78, 5) is 2.43. The van der Waals surface area contributed by atoms with Gasteiger partial charge in [0.2, 0.25) is 0 Å². The van der Waals surface area contributed by atoms with Crippen LogP contribution in [0.3, 0.4) is 0 Å². The Hall–Kier alpha value is -3.84. The summed E-state index contributed by atoms with van der Waals surface area (Å²) in [6.45, 7) is 6.32. The Morgan fingerprint density at radius 3 is 1.85 bits per heavy atom. The monoisotopic (exact) mass is 429 g/mol. The van der Waals surface area contributed by atoms with E-state index in [1.54, 1.807) is 0 Å². The van der Waals surface area contributed by atoms with E-state index in [2.05, 4.69) is 146 Å². The highest BCUT2D eigenvalue weighted by Crippen LogP contribution is 2.25. The Kier molecular flexibility index (Phi) is 7.56. The van der Waals surface area contributed by atoms with Crippen LogP contribution in [0.4, 0.5) is 5.69 Å². The fraction of sp³-hybridized carbons (Fsp3) is 0.125. The molecule has 4 aromatic rings. The summed E-state index contributed by atoms with van der Waals surface area (Å²) in [5, 5.41) is 0. The molecule has 0 aliphatic heterocycles. The lowest BCUT2D eigenvalue weighted by atomic mass is 9.97. The minimum Gasteiger partial charge on any atom is -0.367 e. The quantitative estimate of drug-likeness (QED) is 0.255. The van der Waals surface area contributed by atoms with Crippen molar-refractivity contribution >= 4 is 17.3 Å². The van der Waals surface area contributed by atoms with Gasteiger partial charge < -0.3 is 4.90 Å². The standard InChI is InChI=1S/C32H31N/c1-3-33(25-28-14-7-4-8-15-28)32-23-22-27(24-26(32)2)16-13-21-31(29-17-9-5-10-18-29)30-19-11-6-12-20-30/h4-24H,3,25H2,1-2H3. The van der Waals surface area contributed by atoms with E-state index in [0.29, 0.717) is 0 Å². The van der Waals surface area contributed by atoms with Gasteiger partial charge in [0.15, 0.2) is 0 Å². The number of nitrogens with zero attached hydrogens (tertiary/aromatic N) is 1. The Bertz CT molecular complexity index is 1160. The van der Waals surface area contributed by atoms with Crippen molar-refractivity contribution in [1.29, 1.82) is 0 Å². The molecule has 0 heterocycles. The van der Waals surface area contributed by atoms with E-state index >= 15 is 0 Å². The summed E-state index contributed by atoms with van der Waals surface area (Å²) in [5.41, 5.74) is 8.80. The molecule has 0 saturated heterocycles. The predicted octanol–water partition coefficient (Wildman–Crippen LogP) is 8.17. The van der Waals surface area contributed by atoms with Crippen LogP contribution in [0.1, 0.15) is 34.7 Å². The van der Waals surface area contributed by atoms with Crippen molar-refractivity contribution in [3.8, 4) is 0 Å². The lowest BCUT2D eigenvalue weighted by Crippen LogP contribution is -2.22. The molecule has 1 heteroatoms. The average molecular weight is 430 g/mol. The first-order valence-electron chi connectivity index (χ1n) is 11.6. The normalized spacial score (nSPS) is 10.8. The molecule has 0 fully saturated rings. The molecule has 1 nitrogen and oxygen atoms in total. The third-order valence-electron chi connectivity index (χ3n) is 5.88. The first-order chi connectivity index (χ1) is 16.2. The van der Waals surface area contributed by atoms with Gasteiger partial charge in [0.1, 0.15) is 0 Å². The van der Waals surface area contributed by atoms with Crippen LogP contribution in [-0.4, -0.2) is 6.54 Å². The van der Waals surface area contributed by atoms with Crippen molar-refractivity contribution in [3.63, 3.8) is 0 Å². The lowest BCUT2D eigenvalue weighted by Gasteiger charge is -2.25. The molecule has 0 aromatic heterocycles. The molecule has 0 saturated carbocycles. The minimum atomic E-state index is 0.924. The maximum absolute atomic E-state index is 2.43. The Labute approximate surface area is 198 Å². The molecular weight excluding hydrogens is 398 g/mol. The molecule has 0 aliphatic carbocycles. The zero-order valence-electron chi connectivity index (χ0n) is 19.5. The van der Waals surface area contributed by atoms with Crippen molar-refractivity contribution in [2.45, 2.75) is 20.4 Å². The second kappa shape index (κ2) is 11.2. The van der Waals surface area contributed by atoms with Crippen molar-refractivity contribution in [2.24, 2.45) is 0 Å². The van der Waals surface area contributed by atoms with Crippen LogP contribution in [-0.2, 0) is 6.54 Å². The smallest absolute Gasteiger partial charge is 0.0429 e. The van der Waals surface area contributed by atoms with Gasteiger partial charge in [0, 0.05) is 18.8 Å². The molecular formula is C32H31N. The van der Waals surface area contributed by atoms with Gasteiger partial charge in [-0.2, -0.15) is 0 Å². The van der Waals surface area contributed by atoms with E-state index < -0.39 is 0 Å². The van der Waals surface area contributed by atoms with Gasteiger partial charge in [0.25, 0.3) is 0 Å². The third-order valence-corrected chi connectivity index (χ3v) is 5.88. The van der Waals surface area contributed by atoms with E-state index in [-0.39, 0.29) is 0 Å². The van der Waals surface area contributed by atoms with Crippen LogP contribution in [0.15, 0.2) is 121 Å². The molecule has 164 valence electrons. The average Bonchev–Trinajstić information content (AvgIpc) is 2.87. The van der Waals surface area contributed by atoms with E-state index in [0.717, 1.165) is 13.1 Å². The number of hydrogen-bond donors (Lipinski definition) is 0. The third kappa shape index (κ3) is 5.90. The van der Waals surface area contributed by atoms with Gasteiger partial charge in [-0.3, -0.25) is 0 Å². The topological polar surface area (TPSA) is 3.24 Å². The second-order valence-electron chi connectivity index (χ2n) is 8.22. The first kappa shape index (κ1) is 22.4. The highest BCUT2D eigenvalue weighted by atomic mass is 15.1. The van der Waals surface area contributed by atoms with Gasteiger partial charge in [-0.15, -0.1) is 0 Å². The molecule has 0 radical (unpaired) electrons. The maximum Gasteiger partial charge on any atom is 0.0429 e. The van der Waals surface area contributed by atoms with E-state index in [1.807, 2.05) is 0 Å². The molecule has 0 atom stereocenters. The van der Waals surface area contributed by atoms with Crippen LogP contribution in [0, 0.1) is 6.92 Å². The number of allylic oxidation sites excluding steroid dienone is 2. The summed E-state index contributed by atoms with van der Waals surface area (Å²) in [6.07, 6.45) is 6.56. The molecule has 0 amide bonds. The summed E-state index contributed by atoms with van der Waals surface area (Å²) < 4.78 is 0. The molecule has 0 unspecified atom stereocenters. The van der Waals surface area contributed by atoms with Gasteiger partial charge in [-0.25, -0.2) is 0 Å². The van der Waals surface area contributed by atoms with Crippen LogP contribution < -0.4 is 4.90 Å². The number of benzene rings is 4. The highest BCUT2D eigenvalue weighted by Gasteiger charge is 2.08. The largest absolute Gasteiger partial charge is 0.367 e. The van der Waals surface area contributed by atoms with Gasteiger partial charge in [-0.1, -0.05) is 115 Å². The lowest BCUT2D eigenvalue weighted by molar-refractivity contribution is 0.828. The SMILES string of the molecule is CCN(Cc1ccccc1)c1ccc(C=CC=C(c2ccccc2)c2ccccc2)cc1C. The molecule has 4 rings (SSSR count). The fourth-order valence-electron chi connectivity index (χ4n) is 4.16. The van der Waals surface area contributed by atoms with Crippen molar-refractivity contribution in [2.75, 3.05) is 11.4 Å². The summed E-state index contributed by atoms with van der Waals surface area (Å²) in [6, 6.07) is 38.5. The molecule has 0 aliphatic rings. The zero-order chi connectivity index (χ0) is 22.9. The van der Waals surface area contributed by atoms with Gasteiger partial charge >= 0.3 is 0 Å². The van der Waals surface area contributed by atoms with Crippen molar-refractivity contribution in [3.05, 3.63) is 149 Å². The minimum absolute atomic E-state index is 0.924. The second-order valence-corrected chi connectivity index (χ2v) is 8.22. The molecule has 0 bridgehead atoms. The van der Waals surface area contributed by atoms with Crippen molar-refractivity contribution in [1.82, 2.24) is 0 Å². The maximum atomic E-state index is 2.43. The van der Waals surface area contributed by atoms with Crippen LogP contribution in [0.25, 0.3) is 11.6 Å². The van der Waals surface area contributed by atoms with Crippen LogP contribution in [0.2, 0.25) is 0 Å². The van der Waals surface area contributed by atoms with Gasteiger partial charge in [-0.05, 0) is 59.4 Å². The summed E-state index contributed by atoms with van der Waals surface area (Å²) >= 11 is 0. The van der Waals surface area contributed by atoms with Crippen LogP contribution >= 0.6 is 0 Å². The number of aryl methyl sites for hydroxylation is 1. The fourth-order valence-corrected chi connectivity index (χ4v) is 4.16. The number of anilines is 1. The number of hydrogen-bond acceptors (Lipinski definition) is 1. The summed E-state index contributed by atoms with van der Waals surface area (Å²) in [7, 11) is 0. The highest BCUT2D eigenvalue weighted by molar-refractivity contribution is 5.81. The zero-order valence-corrected chi connectivity index (χ0v) is 19.5. The Morgan fingerprint density at radius 1 is 0.727 bits per heavy atom. The van der Waals surface area contributed by atoms with Gasteiger partial charge in [0.05, 0.1) is 0 Å².